The van der Waals surface area contributed by atoms with Crippen molar-refractivity contribution in [1.29, 1.82) is 0 Å². The van der Waals surface area contributed by atoms with E-state index >= 15 is 0 Å². The highest BCUT2D eigenvalue weighted by Crippen LogP contribution is 2.55. The first-order valence-electron chi connectivity index (χ1n) is 14.5. The highest BCUT2D eigenvalue weighted by Gasteiger charge is 2.49. The standard InChI is InChI=1S/C34H38Cl2INO4/c1-7-10-38-24-14-33(2,3)16-26(39)30(24)29(31-25(38)15-34(4,5)17-27(31)40)20-11-23(37)32(28(12-20)41-6)42-18-19-8-9-21(35)13-22(19)36/h8-9,11-13,29H,7,10,14-18H2,1-6H3. The zero-order valence-corrected chi connectivity index (χ0v) is 28.8. The average molecular weight is 722 g/mol. The summed E-state index contributed by atoms with van der Waals surface area (Å²) in [7, 11) is 1.61. The number of rotatable bonds is 7. The van der Waals surface area contributed by atoms with Crippen LogP contribution in [0.25, 0.3) is 0 Å². The maximum atomic E-state index is 14.0. The minimum Gasteiger partial charge on any atom is -0.493 e. The van der Waals surface area contributed by atoms with Crippen LogP contribution in [-0.2, 0) is 16.2 Å². The van der Waals surface area contributed by atoms with Crippen LogP contribution in [0.3, 0.4) is 0 Å². The second-order valence-corrected chi connectivity index (χ2v) is 15.3. The number of ether oxygens (including phenoxy) is 2. The predicted molar refractivity (Wildman–Crippen MR) is 176 cm³/mol. The van der Waals surface area contributed by atoms with Crippen molar-refractivity contribution in [3.8, 4) is 11.5 Å². The molecule has 1 heterocycles. The lowest BCUT2D eigenvalue weighted by atomic mass is 9.63. The van der Waals surface area contributed by atoms with Crippen LogP contribution in [0.15, 0.2) is 52.9 Å². The van der Waals surface area contributed by atoms with Crippen LogP contribution in [-0.4, -0.2) is 30.1 Å². The van der Waals surface area contributed by atoms with Crippen molar-refractivity contribution < 1.29 is 19.1 Å². The van der Waals surface area contributed by atoms with Crippen molar-refractivity contribution >= 4 is 57.4 Å². The molecule has 0 N–H and O–H groups in total. The van der Waals surface area contributed by atoms with E-state index in [1.165, 1.54) is 0 Å². The zero-order valence-electron chi connectivity index (χ0n) is 25.1. The molecule has 5 rings (SSSR count). The first kappa shape index (κ1) is 31.4. The highest BCUT2D eigenvalue weighted by molar-refractivity contribution is 14.1. The number of methoxy groups -OCH3 is 1. The molecule has 0 bridgehead atoms. The first-order chi connectivity index (χ1) is 19.7. The summed E-state index contributed by atoms with van der Waals surface area (Å²) in [5.41, 5.74) is 5.10. The van der Waals surface area contributed by atoms with Crippen LogP contribution in [0.1, 0.15) is 83.8 Å². The predicted octanol–water partition coefficient (Wildman–Crippen LogP) is 9.28. The molecule has 224 valence electrons. The number of carbonyl (C=O) groups excluding carboxylic acids is 2. The number of hydrogen-bond acceptors (Lipinski definition) is 5. The van der Waals surface area contributed by atoms with Crippen LogP contribution < -0.4 is 9.47 Å². The molecule has 0 atom stereocenters. The maximum absolute atomic E-state index is 14.0. The number of hydrogen-bond donors (Lipinski definition) is 0. The lowest BCUT2D eigenvalue weighted by molar-refractivity contribution is -0.119. The van der Waals surface area contributed by atoms with Gasteiger partial charge in [-0.2, -0.15) is 0 Å². The molecule has 0 unspecified atom stereocenters. The normalized spacial score (nSPS) is 20.1. The fourth-order valence-corrected chi connectivity index (χ4v) is 7.95. The Morgan fingerprint density at radius 3 is 2.05 bits per heavy atom. The Bertz CT molecular complexity index is 1470. The Labute approximate surface area is 272 Å². The summed E-state index contributed by atoms with van der Waals surface area (Å²) in [4.78, 5) is 30.3. The van der Waals surface area contributed by atoms with Gasteiger partial charge < -0.3 is 14.4 Å². The molecule has 2 aliphatic carbocycles. The minimum atomic E-state index is -0.433. The van der Waals surface area contributed by atoms with E-state index in [2.05, 4.69) is 62.1 Å². The fourth-order valence-electron chi connectivity index (χ4n) is 6.71. The molecule has 5 nitrogen and oxygen atoms in total. The van der Waals surface area contributed by atoms with Gasteiger partial charge in [-0.1, -0.05) is 63.9 Å². The molecule has 0 radical (unpaired) electrons. The molecule has 2 aromatic carbocycles. The Kier molecular flexibility index (Phi) is 8.83. The maximum Gasteiger partial charge on any atom is 0.174 e. The molecule has 0 amide bonds. The first-order valence-corrected chi connectivity index (χ1v) is 16.3. The van der Waals surface area contributed by atoms with E-state index < -0.39 is 5.92 Å². The molecule has 0 fully saturated rings. The summed E-state index contributed by atoms with van der Waals surface area (Å²) >= 11 is 14.7. The smallest absolute Gasteiger partial charge is 0.174 e. The molecule has 8 heteroatoms. The number of ketones is 2. The lowest BCUT2D eigenvalue weighted by Gasteiger charge is -2.49. The summed E-state index contributed by atoms with van der Waals surface area (Å²) in [5.74, 6) is 0.963. The summed E-state index contributed by atoms with van der Waals surface area (Å²) in [5, 5.41) is 1.09. The van der Waals surface area contributed by atoms with Crippen LogP contribution >= 0.6 is 45.8 Å². The third-order valence-electron chi connectivity index (χ3n) is 8.44. The summed E-state index contributed by atoms with van der Waals surface area (Å²) in [6.07, 6.45) is 3.45. The van der Waals surface area contributed by atoms with E-state index in [4.69, 9.17) is 32.7 Å². The van der Waals surface area contributed by atoms with Gasteiger partial charge in [0.1, 0.15) is 6.61 Å². The molecule has 3 aliphatic rings. The van der Waals surface area contributed by atoms with Crippen molar-refractivity contribution in [3.63, 3.8) is 0 Å². The number of Topliss-reactive ketones (excluding diaryl/α,β-unsaturated/α-hetero) is 2. The van der Waals surface area contributed by atoms with Crippen molar-refractivity contribution in [2.24, 2.45) is 10.8 Å². The monoisotopic (exact) mass is 721 g/mol. The van der Waals surface area contributed by atoms with Gasteiger partial charge in [-0.15, -0.1) is 0 Å². The van der Waals surface area contributed by atoms with Crippen molar-refractivity contribution in [2.45, 2.75) is 79.2 Å². The highest BCUT2D eigenvalue weighted by atomic mass is 127. The van der Waals surface area contributed by atoms with Crippen LogP contribution in [0.5, 0.6) is 11.5 Å². The van der Waals surface area contributed by atoms with Gasteiger partial charge in [0.25, 0.3) is 0 Å². The number of benzene rings is 2. The summed E-state index contributed by atoms with van der Waals surface area (Å²) in [6.45, 7) is 11.8. The van der Waals surface area contributed by atoms with Crippen molar-refractivity contribution in [1.82, 2.24) is 4.90 Å². The largest absolute Gasteiger partial charge is 0.493 e. The molecular formula is C34H38Cl2INO4. The Morgan fingerprint density at radius 2 is 1.52 bits per heavy atom. The Balaban J connectivity index is 1.65. The molecular weight excluding hydrogens is 684 g/mol. The van der Waals surface area contributed by atoms with Gasteiger partial charge in [0.2, 0.25) is 0 Å². The Morgan fingerprint density at radius 1 is 0.929 bits per heavy atom. The van der Waals surface area contributed by atoms with Crippen LogP contribution in [0.4, 0.5) is 0 Å². The molecule has 0 saturated carbocycles. The van der Waals surface area contributed by atoms with Gasteiger partial charge in [-0.3, -0.25) is 9.59 Å². The minimum absolute atomic E-state index is 0.128. The molecule has 0 saturated heterocycles. The third-order valence-corrected chi connectivity index (χ3v) is 9.83. The van der Waals surface area contributed by atoms with E-state index in [1.807, 2.05) is 18.2 Å². The van der Waals surface area contributed by atoms with Crippen LogP contribution in [0, 0.1) is 14.4 Å². The van der Waals surface area contributed by atoms with Crippen molar-refractivity contribution in [3.05, 3.63) is 77.6 Å². The van der Waals surface area contributed by atoms with E-state index in [0.717, 1.165) is 63.0 Å². The summed E-state index contributed by atoms with van der Waals surface area (Å²) < 4.78 is 12.9. The molecule has 42 heavy (non-hydrogen) atoms. The average Bonchev–Trinajstić information content (AvgIpc) is 2.88. The number of halogens is 3. The molecule has 0 aromatic heterocycles. The van der Waals surface area contributed by atoms with Gasteiger partial charge in [0.15, 0.2) is 23.1 Å². The topological polar surface area (TPSA) is 55.8 Å². The number of nitrogens with zero attached hydrogens (tertiary/aromatic N) is 1. The van der Waals surface area contributed by atoms with Crippen LogP contribution in [0.2, 0.25) is 10.0 Å². The molecule has 1 aliphatic heterocycles. The number of carbonyl (C=O) groups is 2. The van der Waals surface area contributed by atoms with E-state index in [1.54, 1.807) is 19.2 Å². The second kappa shape index (κ2) is 11.8. The van der Waals surface area contributed by atoms with E-state index in [-0.39, 0.29) is 29.0 Å². The zero-order chi connectivity index (χ0) is 30.6. The number of allylic oxidation sites excluding steroid dienone is 4. The second-order valence-electron chi connectivity index (χ2n) is 13.2. The SMILES string of the molecule is CCCN1C2=C(C(=O)CC(C)(C)C2)C(c2cc(I)c(OCc3ccc(Cl)cc3Cl)c(OC)c2)C2=C1CC(C)(C)CC2=O. The lowest BCUT2D eigenvalue weighted by Crippen LogP contribution is -2.44. The van der Waals surface area contributed by atoms with Gasteiger partial charge in [-0.25, -0.2) is 0 Å². The van der Waals surface area contributed by atoms with Gasteiger partial charge >= 0.3 is 0 Å². The van der Waals surface area contributed by atoms with E-state index in [9.17, 15) is 9.59 Å². The summed E-state index contributed by atoms with van der Waals surface area (Å²) in [6, 6.07) is 9.30. The molecule has 2 aromatic rings. The quantitative estimate of drug-likeness (QED) is 0.267. The van der Waals surface area contributed by atoms with Crippen molar-refractivity contribution in [2.75, 3.05) is 13.7 Å². The van der Waals surface area contributed by atoms with E-state index in [0.29, 0.717) is 34.4 Å². The molecule has 0 spiro atoms. The van der Waals surface area contributed by atoms with Gasteiger partial charge in [0.05, 0.1) is 10.7 Å². The fraction of sp³-hybridized carbons (Fsp3) is 0.471. The van der Waals surface area contributed by atoms with Gasteiger partial charge in [0, 0.05) is 63.5 Å². The third kappa shape index (κ3) is 6.00. The Hall–Kier alpha value is -2.03. The van der Waals surface area contributed by atoms with Gasteiger partial charge in [-0.05, 0) is 82.5 Å².